The number of benzene rings is 1. The second-order valence-corrected chi connectivity index (χ2v) is 7.40. The number of nitrogens with one attached hydrogen (secondary N) is 2. The van der Waals surface area contributed by atoms with Crippen molar-refractivity contribution in [3.8, 4) is 5.75 Å². The van der Waals surface area contributed by atoms with Gasteiger partial charge in [-0.1, -0.05) is 17.7 Å². The Kier molecular flexibility index (Phi) is 8.07. The Morgan fingerprint density at radius 1 is 1.43 bits per heavy atom. The average molecular weight is 425 g/mol. The molecule has 0 radical (unpaired) electrons. The van der Waals surface area contributed by atoms with Gasteiger partial charge in [-0.15, -0.1) is 11.3 Å². The van der Waals surface area contributed by atoms with E-state index in [9.17, 15) is 4.79 Å². The lowest BCUT2D eigenvalue weighted by Gasteiger charge is -2.17. The molecular weight excluding hydrogens is 400 g/mol. The minimum Gasteiger partial charge on any atom is -0.496 e. The van der Waals surface area contributed by atoms with Crippen molar-refractivity contribution in [2.24, 2.45) is 4.99 Å². The Labute approximate surface area is 174 Å². The molecule has 0 aliphatic carbocycles. The minimum absolute atomic E-state index is 0.134. The predicted molar refractivity (Wildman–Crippen MR) is 113 cm³/mol. The first-order valence-corrected chi connectivity index (χ1v) is 10.0. The summed E-state index contributed by atoms with van der Waals surface area (Å²) in [6, 6.07) is 5.35. The molecule has 152 valence electrons. The summed E-state index contributed by atoms with van der Waals surface area (Å²) in [6.45, 7) is 6.40. The second-order valence-electron chi connectivity index (χ2n) is 5.94. The maximum Gasteiger partial charge on any atom is 0.350 e. The summed E-state index contributed by atoms with van der Waals surface area (Å²) in [5.41, 5.74) is 1.62. The standard InChI is InChI=1S/C19H25ClN4O3S/c1-6-27-18(25)16-11(2)23-17(28-16)12(3)24-19(21-4)22-10-13-7-8-14(20)9-15(13)26-5/h7-9,12H,6,10H2,1-5H3,(H2,21,22,24). The van der Waals surface area contributed by atoms with Crippen LogP contribution < -0.4 is 15.4 Å². The molecular formula is C19H25ClN4O3S. The lowest BCUT2D eigenvalue weighted by molar-refractivity contribution is 0.0531. The number of halogens is 1. The van der Waals surface area contributed by atoms with Gasteiger partial charge < -0.3 is 20.1 Å². The van der Waals surface area contributed by atoms with Gasteiger partial charge in [-0.2, -0.15) is 0 Å². The number of hydrogen-bond acceptors (Lipinski definition) is 6. The fourth-order valence-electron chi connectivity index (χ4n) is 2.49. The van der Waals surface area contributed by atoms with Crippen molar-refractivity contribution in [1.82, 2.24) is 15.6 Å². The fourth-order valence-corrected chi connectivity index (χ4v) is 3.62. The van der Waals surface area contributed by atoms with E-state index in [1.807, 2.05) is 19.1 Å². The van der Waals surface area contributed by atoms with Crippen molar-refractivity contribution in [2.75, 3.05) is 20.8 Å². The normalized spacial score (nSPS) is 12.4. The van der Waals surface area contributed by atoms with E-state index < -0.39 is 0 Å². The van der Waals surface area contributed by atoms with Crippen molar-refractivity contribution in [3.63, 3.8) is 0 Å². The minimum atomic E-state index is -0.340. The second kappa shape index (κ2) is 10.3. The number of methoxy groups -OCH3 is 1. The molecule has 0 fully saturated rings. The van der Waals surface area contributed by atoms with Crippen LogP contribution in [0.1, 0.15) is 45.8 Å². The highest BCUT2D eigenvalue weighted by Crippen LogP contribution is 2.25. The van der Waals surface area contributed by atoms with Crippen molar-refractivity contribution >= 4 is 34.9 Å². The van der Waals surface area contributed by atoms with Gasteiger partial charge in [0, 0.05) is 24.2 Å². The number of carbonyl (C=O) groups is 1. The van der Waals surface area contributed by atoms with Crippen LogP contribution in [0, 0.1) is 6.92 Å². The maximum atomic E-state index is 12.0. The molecule has 2 aromatic rings. The van der Waals surface area contributed by atoms with E-state index in [4.69, 9.17) is 21.1 Å². The Balaban J connectivity index is 2.03. The molecule has 7 nitrogen and oxygen atoms in total. The van der Waals surface area contributed by atoms with Crippen LogP contribution in [0.4, 0.5) is 0 Å². The highest BCUT2D eigenvalue weighted by molar-refractivity contribution is 7.13. The molecule has 1 aromatic heterocycles. The summed E-state index contributed by atoms with van der Waals surface area (Å²) in [4.78, 5) is 21.3. The van der Waals surface area contributed by atoms with Crippen molar-refractivity contribution in [1.29, 1.82) is 0 Å². The van der Waals surface area contributed by atoms with E-state index in [0.717, 1.165) is 10.6 Å². The first-order valence-electron chi connectivity index (χ1n) is 8.83. The quantitative estimate of drug-likeness (QED) is 0.400. The van der Waals surface area contributed by atoms with Gasteiger partial charge in [-0.3, -0.25) is 4.99 Å². The van der Waals surface area contributed by atoms with Gasteiger partial charge in [0.25, 0.3) is 0 Å². The zero-order valence-corrected chi connectivity index (χ0v) is 18.2. The number of hydrogen-bond donors (Lipinski definition) is 2. The molecule has 2 N–H and O–H groups in total. The molecule has 1 unspecified atom stereocenters. The largest absolute Gasteiger partial charge is 0.496 e. The number of carbonyl (C=O) groups excluding carboxylic acids is 1. The fraction of sp³-hybridized carbons (Fsp3) is 0.421. The van der Waals surface area contributed by atoms with Gasteiger partial charge in [0.05, 0.1) is 25.5 Å². The topological polar surface area (TPSA) is 84.8 Å². The first kappa shape index (κ1) is 22.0. The smallest absolute Gasteiger partial charge is 0.350 e. The molecule has 0 aliphatic heterocycles. The molecule has 0 spiro atoms. The zero-order chi connectivity index (χ0) is 20.7. The molecule has 1 atom stereocenters. The van der Waals surface area contributed by atoms with Crippen LogP contribution in [0.15, 0.2) is 23.2 Å². The molecule has 0 saturated heterocycles. The van der Waals surface area contributed by atoms with Crippen LogP contribution in [-0.2, 0) is 11.3 Å². The van der Waals surface area contributed by atoms with E-state index in [1.165, 1.54) is 11.3 Å². The monoisotopic (exact) mass is 424 g/mol. The summed E-state index contributed by atoms with van der Waals surface area (Å²) < 4.78 is 10.4. The number of nitrogens with zero attached hydrogens (tertiary/aromatic N) is 2. The van der Waals surface area contributed by atoms with Crippen molar-refractivity contribution in [2.45, 2.75) is 33.4 Å². The van der Waals surface area contributed by atoms with Crippen molar-refractivity contribution < 1.29 is 14.3 Å². The summed E-state index contributed by atoms with van der Waals surface area (Å²) in [5.74, 6) is 0.974. The molecule has 9 heteroatoms. The number of rotatable bonds is 7. The Bertz CT molecular complexity index is 854. The molecule has 2 rings (SSSR count). The van der Waals surface area contributed by atoms with E-state index in [0.29, 0.717) is 40.5 Å². The SMILES string of the molecule is CCOC(=O)c1sc(C(C)NC(=NC)NCc2ccc(Cl)cc2OC)nc1C. The van der Waals surface area contributed by atoms with E-state index in [1.54, 1.807) is 34.1 Å². The third kappa shape index (κ3) is 5.59. The summed E-state index contributed by atoms with van der Waals surface area (Å²) >= 11 is 7.33. The van der Waals surface area contributed by atoms with E-state index >= 15 is 0 Å². The number of esters is 1. The lowest BCUT2D eigenvalue weighted by Crippen LogP contribution is -2.38. The Hall–Kier alpha value is -2.32. The first-order chi connectivity index (χ1) is 13.4. The van der Waals surface area contributed by atoms with Crippen molar-refractivity contribution in [3.05, 3.63) is 44.4 Å². The van der Waals surface area contributed by atoms with Crippen LogP contribution >= 0.6 is 22.9 Å². The van der Waals surface area contributed by atoms with E-state index in [-0.39, 0.29) is 12.0 Å². The van der Waals surface area contributed by atoms with Crippen LogP contribution in [-0.4, -0.2) is 37.7 Å². The maximum absolute atomic E-state index is 12.0. The van der Waals surface area contributed by atoms with Gasteiger partial charge in [0.1, 0.15) is 15.6 Å². The number of ether oxygens (including phenoxy) is 2. The van der Waals surface area contributed by atoms with Gasteiger partial charge in [0.2, 0.25) is 0 Å². The Morgan fingerprint density at radius 3 is 2.82 bits per heavy atom. The molecule has 0 bridgehead atoms. The number of thiazole rings is 1. The molecule has 1 aromatic carbocycles. The third-order valence-corrected chi connectivity index (χ3v) is 5.47. The third-order valence-electron chi connectivity index (χ3n) is 3.92. The number of aliphatic imine (C=N–C) groups is 1. The number of guanidine groups is 1. The predicted octanol–water partition coefficient (Wildman–Crippen LogP) is 3.72. The number of aryl methyl sites for hydroxylation is 1. The van der Waals surface area contributed by atoms with Crippen LogP contribution in [0.5, 0.6) is 5.75 Å². The lowest BCUT2D eigenvalue weighted by atomic mass is 10.2. The van der Waals surface area contributed by atoms with Crippen LogP contribution in [0.25, 0.3) is 0 Å². The van der Waals surface area contributed by atoms with Crippen LogP contribution in [0.2, 0.25) is 5.02 Å². The summed E-state index contributed by atoms with van der Waals surface area (Å²) in [5, 5.41) is 7.93. The van der Waals surface area contributed by atoms with Gasteiger partial charge in [-0.25, -0.2) is 9.78 Å². The average Bonchev–Trinajstić information content (AvgIpc) is 3.07. The Morgan fingerprint density at radius 2 is 2.18 bits per heavy atom. The number of aromatic nitrogens is 1. The van der Waals surface area contributed by atoms with Gasteiger partial charge in [-0.05, 0) is 32.9 Å². The zero-order valence-electron chi connectivity index (χ0n) is 16.6. The highest BCUT2D eigenvalue weighted by atomic mass is 35.5. The summed E-state index contributed by atoms with van der Waals surface area (Å²) in [6.07, 6.45) is 0. The molecule has 0 aliphatic rings. The van der Waals surface area contributed by atoms with Gasteiger partial charge in [0.15, 0.2) is 5.96 Å². The van der Waals surface area contributed by atoms with Gasteiger partial charge >= 0.3 is 5.97 Å². The molecule has 0 amide bonds. The van der Waals surface area contributed by atoms with E-state index in [2.05, 4.69) is 20.6 Å². The molecule has 0 saturated carbocycles. The highest BCUT2D eigenvalue weighted by Gasteiger charge is 2.20. The summed E-state index contributed by atoms with van der Waals surface area (Å²) in [7, 11) is 3.30. The molecule has 28 heavy (non-hydrogen) atoms. The van der Waals surface area contributed by atoms with Crippen LogP contribution in [0.3, 0.4) is 0 Å². The molecule has 1 heterocycles.